The number of nitrogens with two attached hydrogens (primary N) is 1. The third-order valence-electron chi connectivity index (χ3n) is 4.04. The van der Waals surface area contributed by atoms with E-state index in [4.69, 9.17) is 26.6 Å². The highest BCUT2D eigenvalue weighted by atomic mass is 32.1. The number of anilines is 1. The molecule has 0 saturated carbocycles. The second-order valence-corrected chi connectivity index (χ2v) is 8.02. The van der Waals surface area contributed by atoms with Crippen molar-refractivity contribution in [1.29, 1.82) is 0 Å². The summed E-state index contributed by atoms with van der Waals surface area (Å²) in [5.74, 6) is 0.674. The van der Waals surface area contributed by atoms with Gasteiger partial charge in [0.05, 0.1) is 0 Å². The number of aliphatic imine (C=N–C) groups is 1. The molecule has 0 aliphatic rings. The van der Waals surface area contributed by atoms with Crippen LogP contribution in [0.1, 0.15) is 31.9 Å². The SMILES string of the molecule is C=C(/N=C(C)\C=C(/C)C(C)S)NC.C=O.C=O.Cc1ccc(NC(=S)c2ccccc2)cc1.NC=O. The second kappa shape index (κ2) is 24.6. The predicted octanol–water partition coefficient (Wildman–Crippen LogP) is 4.92. The van der Waals surface area contributed by atoms with Crippen molar-refractivity contribution in [3.8, 4) is 0 Å². The van der Waals surface area contributed by atoms with Crippen LogP contribution >= 0.6 is 24.8 Å². The van der Waals surface area contributed by atoms with Crippen LogP contribution in [0.5, 0.6) is 0 Å². The van der Waals surface area contributed by atoms with Crippen molar-refractivity contribution in [3.05, 3.63) is 89.8 Å². The first-order valence-electron chi connectivity index (χ1n) is 10.6. The normalized spacial score (nSPS) is 10.5. The van der Waals surface area contributed by atoms with E-state index in [2.05, 4.69) is 59.6 Å². The summed E-state index contributed by atoms with van der Waals surface area (Å²) >= 11 is 9.64. The second-order valence-electron chi connectivity index (χ2n) is 6.84. The van der Waals surface area contributed by atoms with Crippen molar-refractivity contribution < 1.29 is 14.4 Å². The Morgan fingerprint density at radius 3 is 1.94 bits per heavy atom. The van der Waals surface area contributed by atoms with E-state index in [0.717, 1.165) is 22.0 Å². The predicted molar refractivity (Wildman–Crippen MR) is 161 cm³/mol. The monoisotopic (exact) mass is 530 g/mol. The number of carbonyl (C=O) groups excluding carboxylic acids is 3. The zero-order valence-electron chi connectivity index (χ0n) is 21.7. The Morgan fingerprint density at radius 2 is 1.53 bits per heavy atom. The van der Waals surface area contributed by atoms with E-state index >= 15 is 0 Å². The molecule has 0 spiro atoms. The van der Waals surface area contributed by atoms with E-state index in [0.29, 0.717) is 5.82 Å². The summed E-state index contributed by atoms with van der Waals surface area (Å²) in [5, 5.41) is 6.36. The van der Waals surface area contributed by atoms with Crippen LogP contribution in [0, 0.1) is 6.92 Å². The molecule has 2 aromatic carbocycles. The third-order valence-corrected chi connectivity index (χ3v) is 4.79. The van der Waals surface area contributed by atoms with Crippen molar-refractivity contribution in [1.82, 2.24) is 5.32 Å². The lowest BCUT2D eigenvalue weighted by molar-refractivity contribution is -0.107. The molecular weight excluding hydrogens is 492 g/mol. The molecule has 4 N–H and O–H groups in total. The van der Waals surface area contributed by atoms with Gasteiger partial charge in [0.25, 0.3) is 0 Å². The van der Waals surface area contributed by atoms with Crippen LogP contribution in [-0.4, -0.2) is 43.0 Å². The van der Waals surface area contributed by atoms with Gasteiger partial charge in [0.15, 0.2) is 0 Å². The summed E-state index contributed by atoms with van der Waals surface area (Å²) in [4.78, 5) is 29.6. The quantitative estimate of drug-likeness (QED) is 0.183. The number of hydrogen-bond donors (Lipinski definition) is 4. The minimum absolute atomic E-state index is 0.250. The van der Waals surface area contributed by atoms with Crippen molar-refractivity contribution in [2.45, 2.75) is 32.9 Å². The van der Waals surface area contributed by atoms with Crippen LogP contribution in [-0.2, 0) is 14.4 Å². The van der Waals surface area contributed by atoms with Gasteiger partial charge < -0.3 is 26.0 Å². The molecule has 0 aliphatic carbocycles. The van der Waals surface area contributed by atoms with Crippen LogP contribution in [0.3, 0.4) is 0 Å². The molecule has 0 radical (unpaired) electrons. The molecule has 7 nitrogen and oxygen atoms in total. The topological polar surface area (TPSA) is 114 Å². The van der Waals surface area contributed by atoms with Crippen molar-refractivity contribution in [2.75, 3.05) is 12.4 Å². The first-order chi connectivity index (χ1) is 17.1. The van der Waals surface area contributed by atoms with E-state index < -0.39 is 0 Å². The maximum atomic E-state index is 8.58. The zero-order chi connectivity index (χ0) is 28.5. The molecule has 0 fully saturated rings. The number of aryl methyl sites for hydroxylation is 1. The van der Waals surface area contributed by atoms with Gasteiger partial charge in [-0.2, -0.15) is 12.6 Å². The van der Waals surface area contributed by atoms with Crippen molar-refractivity contribution >= 4 is 61.2 Å². The Morgan fingerprint density at radius 1 is 1.06 bits per heavy atom. The lowest BCUT2D eigenvalue weighted by Gasteiger charge is -2.07. The van der Waals surface area contributed by atoms with Gasteiger partial charge in [0, 0.05) is 29.3 Å². The van der Waals surface area contributed by atoms with Gasteiger partial charge in [-0.3, -0.25) is 4.79 Å². The minimum atomic E-state index is 0.250. The number of primary amides is 1. The largest absolute Gasteiger partial charge is 0.374 e. The summed E-state index contributed by atoms with van der Waals surface area (Å²) in [6, 6.07) is 18.2. The fourth-order valence-corrected chi connectivity index (χ4v) is 2.51. The summed E-state index contributed by atoms with van der Waals surface area (Å²) in [5.41, 5.74) is 9.62. The molecule has 1 amide bonds. The smallest absolute Gasteiger partial charge is 0.204 e. The van der Waals surface area contributed by atoms with Gasteiger partial charge in [-0.1, -0.05) is 72.4 Å². The van der Waals surface area contributed by atoms with Gasteiger partial charge in [-0.05, 0) is 45.9 Å². The number of thiocarbonyl (C=S) groups is 1. The first-order valence-corrected chi connectivity index (χ1v) is 11.5. The maximum absolute atomic E-state index is 8.58. The van der Waals surface area contributed by atoms with E-state index in [1.807, 2.05) is 82.9 Å². The van der Waals surface area contributed by atoms with Crippen molar-refractivity contribution in [2.24, 2.45) is 10.7 Å². The number of rotatable bonds is 6. The van der Waals surface area contributed by atoms with E-state index in [1.165, 1.54) is 11.1 Å². The summed E-state index contributed by atoms with van der Waals surface area (Å²) < 4.78 is 0. The number of nitrogens with one attached hydrogen (secondary N) is 2. The first kappa shape index (κ1) is 37.0. The molecule has 2 rings (SSSR count). The van der Waals surface area contributed by atoms with Gasteiger partial charge in [-0.25, -0.2) is 4.99 Å². The number of nitrogens with zero attached hydrogens (tertiary/aromatic N) is 1. The van der Waals surface area contributed by atoms with Gasteiger partial charge in [-0.15, -0.1) is 0 Å². The van der Waals surface area contributed by atoms with Crippen LogP contribution in [0.2, 0.25) is 0 Å². The van der Waals surface area contributed by atoms with Crippen molar-refractivity contribution in [3.63, 3.8) is 0 Å². The van der Waals surface area contributed by atoms with Crippen LogP contribution in [0.15, 0.2) is 83.6 Å². The highest BCUT2D eigenvalue weighted by Crippen LogP contribution is 2.11. The van der Waals surface area contributed by atoms with Crippen LogP contribution in [0.25, 0.3) is 0 Å². The molecule has 1 unspecified atom stereocenters. The van der Waals surface area contributed by atoms with Crippen LogP contribution in [0.4, 0.5) is 5.69 Å². The highest BCUT2D eigenvalue weighted by Gasteiger charge is 2.00. The molecule has 1 atom stereocenters. The Balaban J connectivity index is -0.000000492. The number of allylic oxidation sites excluding steroid dienone is 1. The molecule has 2 aromatic rings. The standard InChI is InChI=1S/C14H13NS.C10H18N2S.CH3NO.2CH2O/c1-11-7-9-13(10-8-11)15-14(16)12-5-3-2-4-6-12;1-7(9(3)13)6-8(2)12-10(4)11-5;2-1-3;2*1-2/h2-10H,1H3,(H,15,16);6,9,11,13H,4H2,1-3,5H3;1H,(H2,2,3);2*1H2/b;7-6+,12-8-;;;. The fourth-order valence-electron chi connectivity index (χ4n) is 2.18. The van der Waals surface area contributed by atoms with Crippen LogP contribution < -0.4 is 16.4 Å². The molecule has 0 aliphatic heterocycles. The minimum Gasteiger partial charge on any atom is -0.374 e. The molecule has 0 bridgehead atoms. The highest BCUT2D eigenvalue weighted by molar-refractivity contribution is 7.81. The molecular formula is C27H38N4O3S2. The van der Waals surface area contributed by atoms with E-state index in [1.54, 1.807) is 7.05 Å². The summed E-state index contributed by atoms with van der Waals surface area (Å²) in [7, 11) is 1.80. The van der Waals surface area contributed by atoms with E-state index in [9.17, 15) is 0 Å². The Kier molecular flexibility index (Phi) is 25.2. The Hall–Kier alpha value is -3.56. The Labute approximate surface area is 226 Å². The molecule has 0 saturated heterocycles. The summed E-state index contributed by atoms with van der Waals surface area (Å²) in [6.45, 7) is 15.8. The zero-order valence-corrected chi connectivity index (χ0v) is 23.4. The number of carbonyl (C=O) groups is 3. The number of amides is 1. The van der Waals surface area contributed by atoms with E-state index in [-0.39, 0.29) is 11.7 Å². The number of thiol groups is 1. The average molecular weight is 531 g/mol. The van der Waals surface area contributed by atoms with Gasteiger partial charge >= 0.3 is 0 Å². The average Bonchev–Trinajstić information content (AvgIpc) is 2.89. The summed E-state index contributed by atoms with van der Waals surface area (Å²) in [6.07, 6.45) is 2.26. The number of hydrogen-bond acceptors (Lipinski definition) is 7. The molecule has 196 valence electrons. The lowest BCUT2D eigenvalue weighted by Crippen LogP contribution is -2.09. The number of benzene rings is 2. The lowest BCUT2D eigenvalue weighted by atomic mass is 10.2. The molecule has 0 aromatic heterocycles. The van der Waals surface area contributed by atoms with Gasteiger partial charge in [0.1, 0.15) is 24.4 Å². The van der Waals surface area contributed by atoms with Gasteiger partial charge in [0.2, 0.25) is 6.41 Å². The molecule has 9 heteroatoms. The maximum Gasteiger partial charge on any atom is 0.204 e. The Bertz CT molecular complexity index is 943. The molecule has 0 heterocycles. The molecule has 36 heavy (non-hydrogen) atoms. The third kappa shape index (κ3) is 19.9. The fraction of sp³-hybridized carbons (Fsp3) is 0.222.